The van der Waals surface area contributed by atoms with Crippen molar-refractivity contribution < 1.29 is 18.7 Å². The normalized spacial score (nSPS) is 27.2. The van der Waals surface area contributed by atoms with Gasteiger partial charge in [0.2, 0.25) is 11.8 Å². The van der Waals surface area contributed by atoms with E-state index in [-0.39, 0.29) is 30.9 Å². The Labute approximate surface area is 171 Å². The van der Waals surface area contributed by atoms with Crippen LogP contribution in [0.5, 0.6) is 0 Å². The summed E-state index contributed by atoms with van der Waals surface area (Å²) < 4.78 is 11.1. The lowest BCUT2D eigenvalue weighted by atomic mass is 9.77. The molecule has 154 valence electrons. The second kappa shape index (κ2) is 8.39. The third-order valence-corrected chi connectivity index (χ3v) is 6.51. The molecule has 0 radical (unpaired) electrons. The SMILES string of the molecule is C[C@@H]1[C@@H](C)CCC[C@@H]1N1C[C@H](C(=O)OCc2ncc(-c3ccccc3)o2)CC1=O. The zero-order valence-electron chi connectivity index (χ0n) is 17.0. The van der Waals surface area contributed by atoms with E-state index in [4.69, 9.17) is 9.15 Å². The van der Waals surface area contributed by atoms with Gasteiger partial charge in [-0.05, 0) is 18.3 Å². The number of aromatic nitrogens is 1. The number of esters is 1. The van der Waals surface area contributed by atoms with Crippen LogP contribution in [0.4, 0.5) is 0 Å². The number of hydrogen-bond acceptors (Lipinski definition) is 5. The van der Waals surface area contributed by atoms with E-state index in [1.54, 1.807) is 6.20 Å². The minimum atomic E-state index is -0.407. The monoisotopic (exact) mass is 396 g/mol. The zero-order valence-corrected chi connectivity index (χ0v) is 17.0. The number of likely N-dealkylation sites (tertiary alicyclic amines) is 1. The van der Waals surface area contributed by atoms with E-state index in [1.807, 2.05) is 35.2 Å². The molecule has 2 aromatic rings. The molecule has 1 saturated carbocycles. The molecule has 2 heterocycles. The molecule has 6 heteroatoms. The fraction of sp³-hybridized carbons (Fsp3) is 0.522. The summed E-state index contributed by atoms with van der Waals surface area (Å²) >= 11 is 0. The van der Waals surface area contributed by atoms with E-state index < -0.39 is 5.92 Å². The highest BCUT2D eigenvalue weighted by atomic mass is 16.5. The van der Waals surface area contributed by atoms with Crippen molar-refractivity contribution in [2.45, 2.75) is 52.2 Å². The van der Waals surface area contributed by atoms with Crippen molar-refractivity contribution in [3.8, 4) is 11.3 Å². The number of nitrogens with zero attached hydrogens (tertiary/aromatic N) is 2. The van der Waals surface area contributed by atoms with Gasteiger partial charge in [0, 0.05) is 24.6 Å². The standard InChI is InChI=1S/C23H28N2O4/c1-15-7-6-10-19(16(15)2)25-13-18(11-22(25)26)23(27)28-14-21-24-12-20(29-21)17-8-4-3-5-9-17/h3-5,8-9,12,15-16,18-19H,6-7,10-11,13-14H2,1-2H3/t15-,16+,18+,19-/m0/s1. The highest BCUT2D eigenvalue weighted by Crippen LogP contribution is 2.36. The Balaban J connectivity index is 1.33. The minimum absolute atomic E-state index is 0.0206. The molecule has 1 aliphatic heterocycles. The molecule has 29 heavy (non-hydrogen) atoms. The van der Waals surface area contributed by atoms with Gasteiger partial charge in [-0.15, -0.1) is 0 Å². The number of carbonyl (C=O) groups is 2. The molecule has 1 aliphatic carbocycles. The number of amides is 1. The molecule has 4 atom stereocenters. The Morgan fingerprint density at radius 2 is 2.03 bits per heavy atom. The van der Waals surface area contributed by atoms with Crippen LogP contribution in [0.25, 0.3) is 11.3 Å². The Hall–Kier alpha value is -2.63. The second-order valence-electron chi connectivity index (χ2n) is 8.37. The number of ether oxygens (including phenoxy) is 1. The highest BCUT2D eigenvalue weighted by molar-refractivity contribution is 5.87. The summed E-state index contributed by atoms with van der Waals surface area (Å²) in [6.07, 6.45) is 5.25. The lowest BCUT2D eigenvalue weighted by Gasteiger charge is -2.39. The predicted octanol–water partition coefficient (Wildman–Crippen LogP) is 4.06. The molecular weight excluding hydrogens is 368 g/mol. The lowest BCUT2D eigenvalue weighted by Crippen LogP contribution is -2.45. The molecule has 1 aromatic heterocycles. The van der Waals surface area contributed by atoms with Gasteiger partial charge in [-0.2, -0.15) is 0 Å². The van der Waals surface area contributed by atoms with Crippen LogP contribution in [0, 0.1) is 17.8 Å². The van der Waals surface area contributed by atoms with E-state index in [0.29, 0.717) is 30.0 Å². The van der Waals surface area contributed by atoms with Gasteiger partial charge in [-0.25, -0.2) is 4.98 Å². The highest BCUT2D eigenvalue weighted by Gasteiger charge is 2.42. The van der Waals surface area contributed by atoms with Gasteiger partial charge >= 0.3 is 5.97 Å². The Kier molecular flexibility index (Phi) is 5.69. The number of rotatable bonds is 5. The number of oxazole rings is 1. The molecule has 1 aromatic carbocycles. The van der Waals surface area contributed by atoms with Gasteiger partial charge in [-0.1, -0.05) is 57.0 Å². The van der Waals surface area contributed by atoms with Crippen LogP contribution in [0.15, 0.2) is 40.9 Å². The smallest absolute Gasteiger partial charge is 0.311 e. The number of benzene rings is 1. The third kappa shape index (κ3) is 4.21. The summed E-state index contributed by atoms with van der Waals surface area (Å²) in [6, 6.07) is 9.89. The fourth-order valence-electron chi connectivity index (χ4n) is 4.57. The third-order valence-electron chi connectivity index (χ3n) is 6.51. The summed E-state index contributed by atoms with van der Waals surface area (Å²) in [6.45, 7) is 4.91. The maximum atomic E-state index is 12.6. The van der Waals surface area contributed by atoms with Gasteiger partial charge < -0.3 is 14.1 Å². The fourth-order valence-corrected chi connectivity index (χ4v) is 4.57. The van der Waals surface area contributed by atoms with Gasteiger partial charge in [0.15, 0.2) is 12.4 Å². The average molecular weight is 396 g/mol. The lowest BCUT2D eigenvalue weighted by molar-refractivity contribution is -0.150. The Morgan fingerprint density at radius 1 is 1.24 bits per heavy atom. The van der Waals surface area contributed by atoms with E-state index in [1.165, 1.54) is 6.42 Å². The minimum Gasteiger partial charge on any atom is -0.455 e. The first kappa shape index (κ1) is 19.7. The Morgan fingerprint density at radius 3 is 2.83 bits per heavy atom. The summed E-state index contributed by atoms with van der Waals surface area (Å²) in [5.41, 5.74) is 0.922. The van der Waals surface area contributed by atoms with Crippen molar-refractivity contribution in [1.82, 2.24) is 9.88 Å². The molecule has 2 fully saturated rings. The molecule has 4 rings (SSSR count). The van der Waals surface area contributed by atoms with Gasteiger partial charge in [0.1, 0.15) is 0 Å². The van der Waals surface area contributed by atoms with Crippen LogP contribution < -0.4 is 0 Å². The van der Waals surface area contributed by atoms with Crippen molar-refractivity contribution in [3.63, 3.8) is 0 Å². The van der Waals surface area contributed by atoms with Crippen LogP contribution in [-0.2, 0) is 20.9 Å². The first-order chi connectivity index (χ1) is 14.0. The van der Waals surface area contributed by atoms with Crippen LogP contribution in [0.1, 0.15) is 45.4 Å². The van der Waals surface area contributed by atoms with Crippen molar-refractivity contribution in [1.29, 1.82) is 0 Å². The Bertz CT molecular complexity index is 863. The predicted molar refractivity (Wildman–Crippen MR) is 108 cm³/mol. The van der Waals surface area contributed by atoms with E-state index in [9.17, 15) is 9.59 Å². The maximum absolute atomic E-state index is 12.6. The van der Waals surface area contributed by atoms with Crippen LogP contribution in [0.2, 0.25) is 0 Å². The quantitative estimate of drug-likeness (QED) is 0.713. The molecule has 0 spiro atoms. The molecule has 1 saturated heterocycles. The molecule has 0 N–H and O–H groups in total. The first-order valence-electron chi connectivity index (χ1n) is 10.5. The molecule has 0 bridgehead atoms. The van der Waals surface area contributed by atoms with Gasteiger partial charge in [0.05, 0.1) is 12.1 Å². The van der Waals surface area contributed by atoms with E-state index in [2.05, 4.69) is 18.8 Å². The van der Waals surface area contributed by atoms with Crippen molar-refractivity contribution in [2.24, 2.45) is 17.8 Å². The van der Waals surface area contributed by atoms with Gasteiger partial charge in [0.25, 0.3) is 0 Å². The summed E-state index contributed by atoms with van der Waals surface area (Å²) in [7, 11) is 0. The molecular formula is C23H28N2O4. The second-order valence-corrected chi connectivity index (χ2v) is 8.37. The largest absolute Gasteiger partial charge is 0.455 e. The molecule has 0 unspecified atom stereocenters. The van der Waals surface area contributed by atoms with Crippen molar-refractivity contribution >= 4 is 11.9 Å². The molecule has 2 aliphatic rings. The van der Waals surface area contributed by atoms with Gasteiger partial charge in [-0.3, -0.25) is 9.59 Å². The van der Waals surface area contributed by atoms with Crippen molar-refractivity contribution in [3.05, 3.63) is 42.4 Å². The first-order valence-corrected chi connectivity index (χ1v) is 10.5. The van der Waals surface area contributed by atoms with Crippen LogP contribution >= 0.6 is 0 Å². The summed E-state index contributed by atoms with van der Waals surface area (Å²) in [4.78, 5) is 31.2. The average Bonchev–Trinajstić information content (AvgIpc) is 3.36. The number of hydrogen-bond donors (Lipinski definition) is 0. The maximum Gasteiger partial charge on any atom is 0.311 e. The van der Waals surface area contributed by atoms with Crippen LogP contribution in [0.3, 0.4) is 0 Å². The topological polar surface area (TPSA) is 72.6 Å². The van der Waals surface area contributed by atoms with Crippen LogP contribution in [-0.4, -0.2) is 34.3 Å². The molecule has 6 nitrogen and oxygen atoms in total. The summed E-state index contributed by atoms with van der Waals surface area (Å²) in [5, 5.41) is 0. The summed E-state index contributed by atoms with van der Waals surface area (Å²) in [5.74, 6) is 1.38. The van der Waals surface area contributed by atoms with Crippen molar-refractivity contribution in [2.75, 3.05) is 6.54 Å². The number of carbonyl (C=O) groups excluding carboxylic acids is 2. The van der Waals surface area contributed by atoms with E-state index >= 15 is 0 Å². The zero-order chi connectivity index (χ0) is 20.4. The molecule has 1 amide bonds. The van der Waals surface area contributed by atoms with E-state index in [0.717, 1.165) is 18.4 Å².